The molecule has 0 fully saturated rings. The summed E-state index contributed by atoms with van der Waals surface area (Å²) in [4.78, 5) is 28.1. The Morgan fingerprint density at radius 3 is 2.06 bits per heavy atom. The molecule has 0 heterocycles. The number of nitrogens with zero attached hydrogens (tertiary/aromatic N) is 2. The lowest BCUT2D eigenvalue weighted by molar-refractivity contribution is -0.142. The summed E-state index contributed by atoms with van der Waals surface area (Å²) in [5.41, 5.74) is 0.878. The molecule has 0 unspecified atom stereocenters. The smallest absolute Gasteiger partial charge is 0.243 e. The van der Waals surface area contributed by atoms with Gasteiger partial charge in [-0.25, -0.2) is 8.42 Å². The van der Waals surface area contributed by atoms with Crippen molar-refractivity contribution < 1.29 is 18.0 Å². The molecule has 2 aromatic carbocycles. The van der Waals surface area contributed by atoms with Gasteiger partial charge in [0.1, 0.15) is 6.04 Å². The second-order valence-electron chi connectivity index (χ2n) is 9.46. The Morgan fingerprint density at radius 2 is 1.57 bits per heavy atom. The molecule has 0 aromatic heterocycles. The number of rotatable bonds is 9. The number of hydrogen-bond acceptors (Lipinski definition) is 4. The van der Waals surface area contributed by atoms with Gasteiger partial charge in [-0.05, 0) is 58.4 Å². The van der Waals surface area contributed by atoms with Gasteiger partial charge in [-0.15, -0.1) is 0 Å². The molecule has 2 aromatic rings. The summed E-state index contributed by atoms with van der Waals surface area (Å²) in [5.74, 6) is -0.893. The molecule has 1 atom stereocenters. The topological polar surface area (TPSA) is 86.8 Å². The number of nitrogens with one attached hydrogen (secondary N) is 1. The second-order valence-corrected chi connectivity index (χ2v) is 12.3. The van der Waals surface area contributed by atoms with Gasteiger partial charge in [0, 0.05) is 34.7 Å². The van der Waals surface area contributed by atoms with Gasteiger partial charge in [0.25, 0.3) is 0 Å². The maximum Gasteiger partial charge on any atom is 0.243 e. The van der Waals surface area contributed by atoms with Gasteiger partial charge in [0.2, 0.25) is 21.8 Å². The minimum Gasteiger partial charge on any atom is -0.350 e. The first-order valence-corrected chi connectivity index (χ1v) is 13.4. The molecule has 10 heteroatoms. The summed E-state index contributed by atoms with van der Waals surface area (Å²) in [6.07, 6.45) is 0.310. The van der Waals surface area contributed by atoms with Gasteiger partial charge in [0.15, 0.2) is 0 Å². The minimum atomic E-state index is -3.92. The summed E-state index contributed by atoms with van der Waals surface area (Å²) in [6, 6.07) is 10.5. The summed E-state index contributed by atoms with van der Waals surface area (Å²) in [6.45, 7) is 8.66. The highest BCUT2D eigenvalue weighted by Gasteiger charge is 2.33. The quantitative estimate of drug-likeness (QED) is 0.500. The van der Waals surface area contributed by atoms with E-state index in [2.05, 4.69) is 5.32 Å². The van der Waals surface area contributed by atoms with E-state index in [4.69, 9.17) is 23.2 Å². The number of halogens is 2. The van der Waals surface area contributed by atoms with Crippen LogP contribution < -0.4 is 5.32 Å². The fourth-order valence-corrected chi connectivity index (χ4v) is 5.12. The van der Waals surface area contributed by atoms with Crippen LogP contribution in [0.1, 0.15) is 45.2 Å². The van der Waals surface area contributed by atoms with E-state index in [0.717, 1.165) is 9.87 Å². The van der Waals surface area contributed by atoms with Crippen LogP contribution in [0.15, 0.2) is 47.4 Å². The fraction of sp³-hybridized carbons (Fsp3) is 0.440. The van der Waals surface area contributed by atoms with E-state index in [9.17, 15) is 18.0 Å². The third-order valence-corrected chi connectivity index (χ3v) is 7.89. The summed E-state index contributed by atoms with van der Waals surface area (Å²) < 4.78 is 27.1. The molecular weight excluding hydrogens is 509 g/mol. The Kier molecular flexibility index (Phi) is 9.76. The lowest BCUT2D eigenvalue weighted by Crippen LogP contribution is -2.55. The molecule has 35 heavy (non-hydrogen) atoms. The summed E-state index contributed by atoms with van der Waals surface area (Å²) in [5, 5.41) is 3.60. The van der Waals surface area contributed by atoms with Crippen molar-refractivity contribution in [3.8, 4) is 0 Å². The molecule has 0 radical (unpaired) electrons. The average molecular weight is 543 g/mol. The van der Waals surface area contributed by atoms with Crippen LogP contribution >= 0.6 is 23.2 Å². The third kappa shape index (κ3) is 7.67. The lowest BCUT2D eigenvalue weighted by atomic mass is 10.1. The number of amides is 2. The van der Waals surface area contributed by atoms with Crippen LogP contribution in [0.5, 0.6) is 0 Å². The van der Waals surface area contributed by atoms with Crippen LogP contribution in [0.2, 0.25) is 10.0 Å². The standard InChI is InChI=1S/C25H33Cl2N3O4S/c1-7-22(24(32)28-25(3,4)5)30(15-19-20(26)9-8-10-21(19)27)23(31)16-29(6)35(33,34)18-13-11-17(2)12-14-18/h8-14,22H,7,15-16H2,1-6H3,(H,28,32)/t22-/m1/s1. The Balaban J connectivity index is 2.41. The minimum absolute atomic E-state index is 0.0498. The van der Waals surface area contributed by atoms with E-state index in [1.54, 1.807) is 37.3 Å². The van der Waals surface area contributed by atoms with E-state index < -0.39 is 34.1 Å². The van der Waals surface area contributed by atoms with Crippen molar-refractivity contribution in [1.29, 1.82) is 0 Å². The molecule has 2 amide bonds. The van der Waals surface area contributed by atoms with E-state index >= 15 is 0 Å². The first-order valence-electron chi connectivity index (χ1n) is 11.2. The number of carbonyl (C=O) groups excluding carboxylic acids is 2. The van der Waals surface area contributed by atoms with E-state index in [0.29, 0.717) is 22.0 Å². The molecule has 0 saturated heterocycles. The number of aryl methyl sites for hydroxylation is 1. The summed E-state index contributed by atoms with van der Waals surface area (Å²) in [7, 11) is -2.58. The van der Waals surface area contributed by atoms with Crippen LogP contribution in [0.4, 0.5) is 0 Å². The number of benzene rings is 2. The molecule has 0 aliphatic carbocycles. The largest absolute Gasteiger partial charge is 0.350 e. The van der Waals surface area contributed by atoms with Crippen molar-refractivity contribution in [1.82, 2.24) is 14.5 Å². The SMILES string of the molecule is CC[C@H](C(=O)NC(C)(C)C)N(Cc1c(Cl)cccc1Cl)C(=O)CN(C)S(=O)(=O)c1ccc(C)cc1. The number of hydrogen-bond donors (Lipinski definition) is 1. The Labute approximate surface area is 218 Å². The maximum absolute atomic E-state index is 13.5. The zero-order chi connectivity index (χ0) is 26.6. The fourth-order valence-electron chi connectivity index (χ4n) is 3.48. The first-order chi connectivity index (χ1) is 16.2. The van der Waals surface area contributed by atoms with Crippen molar-refractivity contribution in [3.63, 3.8) is 0 Å². The maximum atomic E-state index is 13.5. The van der Waals surface area contributed by atoms with Crippen LogP contribution in [0.25, 0.3) is 0 Å². The monoisotopic (exact) mass is 541 g/mol. The van der Waals surface area contributed by atoms with Crippen molar-refractivity contribution in [3.05, 3.63) is 63.6 Å². The van der Waals surface area contributed by atoms with Gasteiger partial charge in [0.05, 0.1) is 11.4 Å². The molecule has 1 N–H and O–H groups in total. The van der Waals surface area contributed by atoms with E-state index in [1.165, 1.54) is 24.1 Å². The molecule has 0 aliphatic rings. The Hall–Kier alpha value is -2.13. The van der Waals surface area contributed by atoms with Gasteiger partial charge >= 0.3 is 0 Å². The Bertz CT molecular complexity index is 1140. The number of carbonyl (C=O) groups is 2. The molecule has 192 valence electrons. The summed E-state index contributed by atoms with van der Waals surface area (Å²) >= 11 is 12.7. The number of likely N-dealkylation sites (N-methyl/N-ethyl adjacent to an activating group) is 1. The van der Waals surface area contributed by atoms with Crippen molar-refractivity contribution >= 4 is 45.0 Å². The molecular formula is C25H33Cl2N3O4S. The molecule has 0 bridgehead atoms. The van der Waals surface area contributed by atoms with Gasteiger partial charge in [-0.3, -0.25) is 9.59 Å². The average Bonchev–Trinajstić information content (AvgIpc) is 2.74. The zero-order valence-corrected chi connectivity index (χ0v) is 23.3. The predicted molar refractivity (Wildman–Crippen MR) is 140 cm³/mol. The third-order valence-electron chi connectivity index (χ3n) is 5.36. The first kappa shape index (κ1) is 29.1. The molecule has 0 spiro atoms. The molecule has 2 rings (SSSR count). The van der Waals surface area contributed by atoms with Crippen LogP contribution in [0, 0.1) is 6.92 Å². The van der Waals surface area contributed by atoms with Gasteiger partial charge < -0.3 is 10.2 Å². The van der Waals surface area contributed by atoms with Gasteiger partial charge in [-0.1, -0.05) is 53.9 Å². The zero-order valence-electron chi connectivity index (χ0n) is 20.9. The second kappa shape index (κ2) is 11.7. The number of sulfonamides is 1. The lowest BCUT2D eigenvalue weighted by Gasteiger charge is -2.34. The normalized spacial score (nSPS) is 12.9. The molecule has 0 saturated carbocycles. The van der Waals surface area contributed by atoms with Gasteiger partial charge in [-0.2, -0.15) is 4.31 Å². The molecule has 7 nitrogen and oxygen atoms in total. The van der Waals surface area contributed by atoms with E-state index in [-0.39, 0.29) is 17.3 Å². The van der Waals surface area contributed by atoms with Crippen LogP contribution in [-0.2, 0) is 26.2 Å². The Morgan fingerprint density at radius 1 is 1.03 bits per heavy atom. The highest BCUT2D eigenvalue weighted by atomic mass is 35.5. The molecule has 0 aliphatic heterocycles. The predicted octanol–water partition coefficient (Wildman–Crippen LogP) is 4.64. The van der Waals surface area contributed by atoms with Crippen LogP contribution in [0.3, 0.4) is 0 Å². The van der Waals surface area contributed by atoms with Crippen molar-refractivity contribution in [2.24, 2.45) is 0 Å². The van der Waals surface area contributed by atoms with E-state index in [1.807, 2.05) is 27.7 Å². The van der Waals surface area contributed by atoms with Crippen molar-refractivity contribution in [2.45, 2.75) is 64.1 Å². The highest BCUT2D eigenvalue weighted by molar-refractivity contribution is 7.89. The van der Waals surface area contributed by atoms with Crippen LogP contribution in [-0.4, -0.2) is 54.6 Å². The highest BCUT2D eigenvalue weighted by Crippen LogP contribution is 2.27. The van der Waals surface area contributed by atoms with Crippen molar-refractivity contribution in [2.75, 3.05) is 13.6 Å².